The Labute approximate surface area is 103 Å². The highest BCUT2D eigenvalue weighted by Gasteiger charge is 2.27. The summed E-state index contributed by atoms with van der Waals surface area (Å²) in [5.41, 5.74) is -0.331. The van der Waals surface area contributed by atoms with Crippen molar-refractivity contribution in [1.82, 2.24) is 9.97 Å². The van der Waals surface area contributed by atoms with Crippen molar-refractivity contribution in [2.45, 2.75) is 12.8 Å². The first-order chi connectivity index (χ1) is 8.63. The zero-order valence-corrected chi connectivity index (χ0v) is 10.0. The Kier molecular flexibility index (Phi) is 3.50. The minimum atomic E-state index is -0.763. The summed E-state index contributed by atoms with van der Waals surface area (Å²) in [6, 6.07) is 0. The third-order valence-corrected chi connectivity index (χ3v) is 3.14. The van der Waals surface area contributed by atoms with Crippen LogP contribution in [0.5, 0.6) is 5.75 Å². The van der Waals surface area contributed by atoms with E-state index in [-0.39, 0.29) is 17.2 Å². The number of aromatic nitrogens is 2. The maximum absolute atomic E-state index is 11.5. The molecule has 0 saturated carbocycles. The third kappa shape index (κ3) is 2.29. The second-order valence-corrected chi connectivity index (χ2v) is 4.19. The fourth-order valence-electron chi connectivity index (χ4n) is 2.13. The van der Waals surface area contributed by atoms with Gasteiger partial charge in [0.25, 0.3) is 5.56 Å². The quantitative estimate of drug-likeness (QED) is 0.792. The van der Waals surface area contributed by atoms with E-state index in [0.29, 0.717) is 31.7 Å². The van der Waals surface area contributed by atoms with Gasteiger partial charge in [0.15, 0.2) is 5.82 Å². The molecule has 1 aliphatic heterocycles. The van der Waals surface area contributed by atoms with Crippen LogP contribution in [0, 0.1) is 5.92 Å². The predicted octanol–water partition coefficient (Wildman–Crippen LogP) is 0.0795. The molecular weight excluding hydrogens is 238 g/mol. The average Bonchev–Trinajstić information content (AvgIpc) is 2.38. The van der Waals surface area contributed by atoms with Crippen molar-refractivity contribution in [2.24, 2.45) is 5.92 Å². The zero-order chi connectivity index (χ0) is 13.1. The Morgan fingerprint density at radius 2 is 2.22 bits per heavy atom. The molecule has 1 saturated heterocycles. The number of ether oxygens (including phenoxy) is 1. The highest BCUT2D eigenvalue weighted by Crippen LogP contribution is 2.26. The van der Waals surface area contributed by atoms with E-state index in [1.807, 2.05) is 4.90 Å². The summed E-state index contributed by atoms with van der Waals surface area (Å²) in [6.07, 6.45) is 2.42. The van der Waals surface area contributed by atoms with Crippen LogP contribution >= 0.6 is 0 Å². The maximum Gasteiger partial charge on any atom is 0.306 e. The van der Waals surface area contributed by atoms with Crippen molar-refractivity contribution in [2.75, 3.05) is 25.1 Å². The van der Waals surface area contributed by atoms with E-state index in [9.17, 15) is 9.59 Å². The molecule has 0 bridgehead atoms. The monoisotopic (exact) mass is 253 g/mol. The van der Waals surface area contributed by atoms with Gasteiger partial charge in [-0.05, 0) is 12.8 Å². The minimum absolute atomic E-state index is 0.172. The van der Waals surface area contributed by atoms with E-state index < -0.39 is 5.97 Å². The maximum atomic E-state index is 11.5. The molecule has 7 nitrogen and oxygen atoms in total. The van der Waals surface area contributed by atoms with E-state index in [0.717, 1.165) is 0 Å². The summed E-state index contributed by atoms with van der Waals surface area (Å²) in [4.78, 5) is 30.8. The molecular formula is C11H15N3O4. The van der Waals surface area contributed by atoms with Crippen LogP contribution in [0.2, 0.25) is 0 Å². The van der Waals surface area contributed by atoms with E-state index in [4.69, 9.17) is 9.84 Å². The Morgan fingerprint density at radius 3 is 2.78 bits per heavy atom. The number of carboxylic acid groups (broad SMARTS) is 1. The molecule has 0 radical (unpaired) electrons. The van der Waals surface area contributed by atoms with E-state index in [1.54, 1.807) is 0 Å². The fraction of sp³-hybridized carbons (Fsp3) is 0.545. The molecule has 1 aliphatic rings. The third-order valence-electron chi connectivity index (χ3n) is 3.14. The number of H-pyrrole nitrogens is 1. The van der Waals surface area contributed by atoms with E-state index in [2.05, 4.69) is 9.97 Å². The second kappa shape index (κ2) is 5.07. The van der Waals surface area contributed by atoms with E-state index in [1.165, 1.54) is 13.4 Å². The van der Waals surface area contributed by atoms with Gasteiger partial charge in [-0.3, -0.25) is 9.59 Å². The molecule has 1 aromatic heterocycles. The van der Waals surface area contributed by atoms with Crippen molar-refractivity contribution in [3.8, 4) is 5.75 Å². The smallest absolute Gasteiger partial charge is 0.306 e. The van der Waals surface area contributed by atoms with Crippen LogP contribution in [0.1, 0.15) is 12.8 Å². The molecule has 1 aromatic rings. The summed E-state index contributed by atoms with van der Waals surface area (Å²) >= 11 is 0. The van der Waals surface area contributed by atoms with Crippen LogP contribution in [0.3, 0.4) is 0 Å². The number of rotatable bonds is 3. The molecule has 0 unspecified atom stereocenters. The first kappa shape index (κ1) is 12.4. The average molecular weight is 253 g/mol. The normalized spacial score (nSPS) is 16.6. The van der Waals surface area contributed by atoms with Crippen LogP contribution in [0.15, 0.2) is 11.1 Å². The summed E-state index contributed by atoms with van der Waals surface area (Å²) in [5, 5.41) is 8.93. The van der Waals surface area contributed by atoms with Crippen LogP contribution in [-0.4, -0.2) is 41.2 Å². The molecule has 0 aliphatic carbocycles. The molecule has 0 spiro atoms. The second-order valence-electron chi connectivity index (χ2n) is 4.19. The number of hydrogen-bond donors (Lipinski definition) is 2. The Hall–Kier alpha value is -2.05. The number of piperidine rings is 1. The van der Waals surface area contributed by atoms with Gasteiger partial charge in [-0.2, -0.15) is 0 Å². The van der Waals surface area contributed by atoms with Crippen LogP contribution in [0.4, 0.5) is 5.82 Å². The summed E-state index contributed by atoms with van der Waals surface area (Å²) in [7, 11) is 1.42. The van der Waals surface area contributed by atoms with Gasteiger partial charge in [-0.15, -0.1) is 0 Å². The van der Waals surface area contributed by atoms with Crippen LogP contribution in [0.25, 0.3) is 0 Å². The molecule has 0 aromatic carbocycles. The molecule has 98 valence electrons. The number of anilines is 1. The topological polar surface area (TPSA) is 95.5 Å². The van der Waals surface area contributed by atoms with Gasteiger partial charge >= 0.3 is 5.97 Å². The Bertz CT molecular complexity index is 491. The first-order valence-electron chi connectivity index (χ1n) is 5.73. The molecule has 0 amide bonds. The van der Waals surface area contributed by atoms with Crippen molar-refractivity contribution in [3.63, 3.8) is 0 Å². The summed E-state index contributed by atoms with van der Waals surface area (Å²) in [6.45, 7) is 1.12. The fourth-order valence-corrected chi connectivity index (χ4v) is 2.13. The molecule has 18 heavy (non-hydrogen) atoms. The number of nitrogens with zero attached hydrogens (tertiary/aromatic N) is 2. The van der Waals surface area contributed by atoms with Gasteiger partial charge in [0.2, 0.25) is 5.75 Å². The van der Waals surface area contributed by atoms with Crippen molar-refractivity contribution >= 4 is 11.8 Å². The predicted molar refractivity (Wildman–Crippen MR) is 64.0 cm³/mol. The number of carboxylic acids is 1. The lowest BCUT2D eigenvalue weighted by Crippen LogP contribution is -2.37. The number of methoxy groups -OCH3 is 1. The van der Waals surface area contributed by atoms with Gasteiger partial charge in [-0.1, -0.05) is 0 Å². The number of aromatic amines is 1. The Balaban J connectivity index is 2.17. The van der Waals surface area contributed by atoms with E-state index >= 15 is 0 Å². The lowest BCUT2D eigenvalue weighted by molar-refractivity contribution is -0.142. The lowest BCUT2D eigenvalue weighted by atomic mass is 9.97. The molecule has 2 heterocycles. The standard InChI is InChI=1S/C11H15N3O4/c1-18-8-9(12-6-13-10(8)15)14-4-2-7(3-5-14)11(16)17/h6-7H,2-5H2,1H3,(H,16,17)(H,12,13,15). The largest absolute Gasteiger partial charge is 0.489 e. The molecule has 0 atom stereocenters. The highest BCUT2D eigenvalue weighted by atomic mass is 16.5. The number of nitrogens with one attached hydrogen (secondary N) is 1. The van der Waals surface area contributed by atoms with Crippen molar-refractivity contribution in [1.29, 1.82) is 0 Å². The number of carbonyl (C=O) groups is 1. The van der Waals surface area contributed by atoms with Crippen molar-refractivity contribution < 1.29 is 14.6 Å². The van der Waals surface area contributed by atoms with Gasteiger partial charge in [-0.25, -0.2) is 4.98 Å². The zero-order valence-electron chi connectivity index (χ0n) is 10.0. The van der Waals surface area contributed by atoms with Crippen molar-refractivity contribution in [3.05, 3.63) is 16.7 Å². The highest BCUT2D eigenvalue weighted by molar-refractivity contribution is 5.70. The number of hydrogen-bond acceptors (Lipinski definition) is 5. The lowest BCUT2D eigenvalue weighted by Gasteiger charge is -2.31. The summed E-state index contributed by atoms with van der Waals surface area (Å²) in [5.74, 6) is -0.425. The van der Waals surface area contributed by atoms with Crippen LogP contribution in [-0.2, 0) is 4.79 Å². The van der Waals surface area contributed by atoms with Gasteiger partial charge in [0.1, 0.15) is 0 Å². The molecule has 1 fully saturated rings. The van der Waals surface area contributed by atoms with Gasteiger partial charge in [0.05, 0.1) is 19.4 Å². The first-order valence-corrected chi connectivity index (χ1v) is 5.73. The minimum Gasteiger partial charge on any atom is -0.489 e. The van der Waals surface area contributed by atoms with Gasteiger partial charge in [0, 0.05) is 13.1 Å². The Morgan fingerprint density at radius 1 is 1.56 bits per heavy atom. The van der Waals surface area contributed by atoms with Crippen LogP contribution < -0.4 is 15.2 Å². The molecule has 7 heteroatoms. The molecule has 2 rings (SSSR count). The summed E-state index contributed by atoms with van der Waals surface area (Å²) < 4.78 is 5.04. The number of aliphatic carboxylic acids is 1. The SMILES string of the molecule is COc1c(N2CCC(C(=O)O)CC2)nc[nH]c1=O. The molecule has 2 N–H and O–H groups in total. The van der Waals surface area contributed by atoms with Gasteiger partial charge < -0.3 is 19.7 Å².